The summed E-state index contributed by atoms with van der Waals surface area (Å²) >= 11 is 10.2. The Morgan fingerprint density at radius 1 is 1.12 bits per heavy atom. The summed E-state index contributed by atoms with van der Waals surface area (Å²) in [6.07, 6.45) is 12.7. The number of allylic oxidation sites excluding steroid dienone is 2. The van der Waals surface area contributed by atoms with E-state index >= 15 is 0 Å². The number of pyridine rings is 1. The zero-order valence-corrected chi connectivity index (χ0v) is 26.0. The molecule has 4 rings (SSSR count). The lowest BCUT2D eigenvalue weighted by Gasteiger charge is -2.20. The first kappa shape index (κ1) is 33.0. The molecule has 3 aromatic rings. The van der Waals surface area contributed by atoms with Gasteiger partial charge in [-0.05, 0) is 104 Å². The average molecular weight is 603 g/mol. The van der Waals surface area contributed by atoms with Crippen LogP contribution in [0, 0.1) is 10.3 Å². The van der Waals surface area contributed by atoms with Crippen LogP contribution in [0.1, 0.15) is 62.8 Å². The smallest absolute Gasteiger partial charge is 0.303 e. The number of thiol groups is 1. The minimum absolute atomic E-state index is 0.0783. The number of nitrogens with zero attached hydrogens (tertiary/aromatic N) is 2. The van der Waals surface area contributed by atoms with Crippen molar-refractivity contribution in [1.82, 2.24) is 4.98 Å². The van der Waals surface area contributed by atoms with Crippen molar-refractivity contribution in [2.75, 3.05) is 5.75 Å². The van der Waals surface area contributed by atoms with Gasteiger partial charge in [-0.3, -0.25) is 4.79 Å². The third-order valence-electron chi connectivity index (χ3n) is 7.49. The summed E-state index contributed by atoms with van der Waals surface area (Å²) in [5.41, 5.74) is 5.29. The molecule has 1 heterocycles. The summed E-state index contributed by atoms with van der Waals surface area (Å²) < 4.78 is 0. The molecule has 0 amide bonds. The Morgan fingerprint density at radius 2 is 1.86 bits per heavy atom. The first-order valence-electron chi connectivity index (χ1n) is 14.0. The lowest BCUT2D eigenvalue weighted by molar-refractivity contribution is -0.138. The molecule has 7 heteroatoms. The number of hydrogen-bond acceptors (Lipinski definition) is 5. The highest BCUT2D eigenvalue weighted by atomic mass is 35.5. The van der Waals surface area contributed by atoms with Gasteiger partial charge in [-0.25, -0.2) is 4.98 Å². The minimum Gasteiger partial charge on any atom is -0.481 e. The molecule has 1 N–H and O–H groups in total. The van der Waals surface area contributed by atoms with Gasteiger partial charge in [0.2, 0.25) is 0 Å². The quantitative estimate of drug-likeness (QED) is 0.116. The van der Waals surface area contributed by atoms with E-state index in [1.165, 1.54) is 5.56 Å². The molecular formula is C35H39ClN2O3S. The monoisotopic (exact) mass is 602 g/mol. The highest BCUT2D eigenvalue weighted by Crippen LogP contribution is 2.49. The molecule has 5 nitrogen and oxygen atoms in total. The van der Waals surface area contributed by atoms with E-state index in [9.17, 15) is 9.70 Å². The van der Waals surface area contributed by atoms with Gasteiger partial charge in [-0.2, -0.15) is 12.6 Å². The first-order valence-corrected chi connectivity index (χ1v) is 15.0. The van der Waals surface area contributed by atoms with Crippen LogP contribution in [-0.4, -0.2) is 27.4 Å². The number of halogens is 1. The van der Waals surface area contributed by atoms with Crippen molar-refractivity contribution in [1.29, 1.82) is 0 Å². The van der Waals surface area contributed by atoms with E-state index in [-0.39, 0.29) is 5.41 Å². The fourth-order valence-corrected chi connectivity index (χ4v) is 5.37. The van der Waals surface area contributed by atoms with Crippen molar-refractivity contribution >= 4 is 53.3 Å². The molecular weight excluding hydrogens is 564 g/mol. The van der Waals surface area contributed by atoms with Gasteiger partial charge in [0.15, 0.2) is 0 Å². The third-order valence-corrected chi connectivity index (χ3v) is 8.39. The highest BCUT2D eigenvalue weighted by molar-refractivity contribution is 7.80. The fourth-order valence-electron chi connectivity index (χ4n) is 4.77. The van der Waals surface area contributed by atoms with Gasteiger partial charge >= 0.3 is 5.97 Å². The van der Waals surface area contributed by atoms with Crippen molar-refractivity contribution in [3.05, 3.63) is 118 Å². The summed E-state index contributed by atoms with van der Waals surface area (Å²) in [6, 6.07) is 18.3. The van der Waals surface area contributed by atoms with Gasteiger partial charge in [0.25, 0.3) is 0 Å². The molecule has 0 spiro atoms. The predicted molar refractivity (Wildman–Crippen MR) is 180 cm³/mol. The molecule has 2 aromatic carbocycles. The van der Waals surface area contributed by atoms with E-state index < -0.39 is 11.5 Å². The molecule has 0 bridgehead atoms. The molecule has 1 aromatic heterocycles. The first-order chi connectivity index (χ1) is 20.0. The zero-order chi connectivity index (χ0) is 30.8. The van der Waals surface area contributed by atoms with Crippen LogP contribution in [0.2, 0.25) is 5.02 Å². The molecule has 1 fully saturated rings. The second-order valence-corrected chi connectivity index (χ2v) is 12.0. The van der Waals surface area contributed by atoms with Gasteiger partial charge < -0.3 is 5.11 Å². The van der Waals surface area contributed by atoms with Crippen LogP contribution in [0.4, 0.5) is 0 Å². The maximum absolute atomic E-state index is 11.2. The summed E-state index contributed by atoms with van der Waals surface area (Å²) in [5, 5.41) is 13.4. The number of rotatable bonds is 13. The van der Waals surface area contributed by atoms with Crippen LogP contribution in [0.25, 0.3) is 23.1 Å². The largest absolute Gasteiger partial charge is 0.481 e. The number of aryl methyl sites for hydroxylation is 1. The van der Waals surface area contributed by atoms with Gasteiger partial charge in [-0.1, -0.05) is 84.6 Å². The minimum atomic E-state index is -0.807. The Balaban J connectivity index is 0.000000458. The number of fused-ring (bicyclic) bond motifs is 1. The lowest BCUT2D eigenvalue weighted by atomic mass is 9.88. The molecule has 0 saturated heterocycles. The molecule has 0 atom stereocenters. The van der Waals surface area contributed by atoms with Crippen LogP contribution in [0.15, 0.2) is 96.2 Å². The van der Waals surface area contributed by atoms with E-state index in [2.05, 4.69) is 72.4 Å². The van der Waals surface area contributed by atoms with Crippen molar-refractivity contribution in [3.8, 4) is 0 Å². The summed E-state index contributed by atoms with van der Waals surface area (Å²) in [5.74, 6) is 0.0285. The van der Waals surface area contributed by atoms with Crippen LogP contribution >= 0.6 is 24.2 Å². The summed E-state index contributed by atoms with van der Waals surface area (Å²) in [7, 11) is 0. The van der Waals surface area contributed by atoms with E-state index in [0.29, 0.717) is 11.4 Å². The second-order valence-electron chi connectivity index (χ2n) is 11.2. The van der Waals surface area contributed by atoms with Crippen molar-refractivity contribution in [2.45, 2.75) is 57.9 Å². The Bertz CT molecular complexity index is 1510. The Labute approximate surface area is 259 Å². The number of benzene rings is 2. The lowest BCUT2D eigenvalue weighted by Crippen LogP contribution is -2.19. The maximum Gasteiger partial charge on any atom is 0.303 e. The number of carbonyl (C=O) groups is 1. The number of carboxylic acid groups (broad SMARTS) is 1. The van der Waals surface area contributed by atoms with Crippen molar-refractivity contribution in [3.63, 3.8) is 0 Å². The third kappa shape index (κ3) is 9.53. The van der Waals surface area contributed by atoms with Crippen LogP contribution < -0.4 is 0 Å². The normalized spacial score (nSPS) is 14.5. The summed E-state index contributed by atoms with van der Waals surface area (Å²) in [6.45, 7) is 11.4. The highest BCUT2D eigenvalue weighted by Gasteiger charge is 2.42. The van der Waals surface area contributed by atoms with E-state index in [1.807, 2.05) is 36.4 Å². The number of carboxylic acids is 1. The molecule has 220 valence electrons. The predicted octanol–water partition coefficient (Wildman–Crippen LogP) is 9.77. The molecule has 0 unspecified atom stereocenters. The van der Waals surface area contributed by atoms with Crippen LogP contribution in [-0.2, 0) is 11.2 Å². The Morgan fingerprint density at radius 3 is 2.45 bits per heavy atom. The van der Waals surface area contributed by atoms with Crippen molar-refractivity contribution in [2.24, 2.45) is 10.6 Å². The van der Waals surface area contributed by atoms with Gasteiger partial charge in [0, 0.05) is 10.4 Å². The van der Waals surface area contributed by atoms with E-state index in [0.717, 1.165) is 71.2 Å². The van der Waals surface area contributed by atoms with Gasteiger partial charge in [0.05, 0.1) is 17.6 Å². The van der Waals surface area contributed by atoms with Gasteiger partial charge in [0.1, 0.15) is 5.54 Å². The van der Waals surface area contributed by atoms with E-state index in [4.69, 9.17) is 16.7 Å². The van der Waals surface area contributed by atoms with Crippen molar-refractivity contribution < 1.29 is 9.90 Å². The summed E-state index contributed by atoms with van der Waals surface area (Å²) in [4.78, 5) is 26.1. The molecule has 1 saturated carbocycles. The van der Waals surface area contributed by atoms with Crippen LogP contribution in [0.3, 0.4) is 0 Å². The SMILES string of the molecule is C=C/C(CCCc1cccc(/C=C/c2ccc3ccc(Cl)cc3n2)c1)=C(\C=C)C(C)(C)N=O.O=C(O)CC1(CS)CC1. The van der Waals surface area contributed by atoms with Gasteiger partial charge in [-0.15, -0.1) is 4.91 Å². The molecule has 0 radical (unpaired) electrons. The Kier molecular flexibility index (Phi) is 11.9. The average Bonchev–Trinajstić information content (AvgIpc) is 3.75. The standard InChI is InChI=1S/C29H29ClN2O.C6H10O2S/c1-5-23(27(6-2)29(3,4)32-33)12-8-11-21-9-7-10-22(19-21)13-17-26-18-15-24-14-16-25(30)20-28(24)31-26;7-5(8)3-6(4-9)1-2-6/h5-7,9-10,13-20H,1-2,8,11-12H2,3-4H3;9H,1-4H2,(H,7,8)/b17-13+,27-23-;. The molecule has 1 aliphatic rings. The number of hydrogen-bond donors (Lipinski definition) is 2. The molecule has 42 heavy (non-hydrogen) atoms. The van der Waals surface area contributed by atoms with Crippen LogP contribution in [0.5, 0.6) is 0 Å². The van der Waals surface area contributed by atoms with E-state index in [1.54, 1.807) is 19.9 Å². The topological polar surface area (TPSA) is 79.6 Å². The molecule has 1 aliphatic carbocycles. The number of nitroso groups, excluding NO2 is 1. The fraction of sp³-hybridized carbons (Fsp3) is 0.314. The Hall–Kier alpha value is -3.48. The second kappa shape index (κ2) is 15.1. The number of aromatic nitrogens is 1. The number of aliphatic carboxylic acids is 1. The molecule has 0 aliphatic heterocycles. The maximum atomic E-state index is 11.2. The zero-order valence-electron chi connectivity index (χ0n) is 24.4.